The average Bonchev–Trinajstić information content (AvgIpc) is 2.24. The molecule has 0 atom stereocenters. The molecule has 7 heteroatoms. The van der Waals surface area contributed by atoms with Gasteiger partial charge in [0.1, 0.15) is 5.75 Å². The van der Waals surface area contributed by atoms with Crippen molar-refractivity contribution in [1.82, 2.24) is 5.32 Å². The summed E-state index contributed by atoms with van der Waals surface area (Å²) in [7, 11) is 0. The molecule has 110 valence electrons. The zero-order valence-electron chi connectivity index (χ0n) is 11.1. The first-order valence-corrected chi connectivity index (χ1v) is 6.97. The predicted octanol–water partition coefficient (Wildman–Crippen LogP) is 2.85. The molecular weight excluding hydrogens is 350 g/mol. The van der Waals surface area contributed by atoms with Crippen LogP contribution in [0.25, 0.3) is 0 Å². The Morgan fingerprint density at radius 2 is 2.10 bits per heavy atom. The Balaban J connectivity index is 2.53. The zero-order valence-corrected chi connectivity index (χ0v) is 13.4. The third-order valence-electron chi connectivity index (χ3n) is 2.32. The van der Waals surface area contributed by atoms with Crippen molar-refractivity contribution in [2.45, 2.75) is 25.8 Å². The number of carbonyl (C=O) groups is 2. The van der Waals surface area contributed by atoms with Crippen LogP contribution >= 0.6 is 27.5 Å². The van der Waals surface area contributed by atoms with Crippen LogP contribution in [-0.2, 0) is 9.59 Å². The number of hydrogen-bond acceptors (Lipinski definition) is 3. The van der Waals surface area contributed by atoms with Gasteiger partial charge in [-0.15, -0.1) is 0 Å². The van der Waals surface area contributed by atoms with Crippen molar-refractivity contribution in [2.24, 2.45) is 0 Å². The van der Waals surface area contributed by atoms with Crippen LogP contribution < -0.4 is 10.1 Å². The highest BCUT2D eigenvalue weighted by Gasteiger charge is 2.24. The van der Waals surface area contributed by atoms with E-state index in [1.165, 1.54) is 0 Å². The Bertz CT molecular complexity index is 519. The maximum atomic E-state index is 11.7. The van der Waals surface area contributed by atoms with Crippen molar-refractivity contribution in [2.75, 3.05) is 6.61 Å². The minimum atomic E-state index is -0.975. The molecule has 0 aliphatic heterocycles. The van der Waals surface area contributed by atoms with E-state index in [-0.39, 0.29) is 13.0 Å². The lowest BCUT2D eigenvalue weighted by Gasteiger charge is -2.24. The number of hydrogen-bond donors (Lipinski definition) is 2. The number of nitrogens with one attached hydrogen (secondary N) is 1. The van der Waals surface area contributed by atoms with Crippen molar-refractivity contribution in [3.63, 3.8) is 0 Å². The lowest BCUT2D eigenvalue weighted by atomic mass is 10.0. The monoisotopic (exact) mass is 363 g/mol. The molecule has 0 saturated heterocycles. The molecule has 1 aromatic rings. The summed E-state index contributed by atoms with van der Waals surface area (Å²) in [4.78, 5) is 22.4. The number of ether oxygens (including phenoxy) is 1. The topological polar surface area (TPSA) is 75.6 Å². The van der Waals surface area contributed by atoms with Gasteiger partial charge in [0.05, 0.1) is 10.9 Å². The molecule has 0 fully saturated rings. The first-order valence-electron chi connectivity index (χ1n) is 5.80. The summed E-state index contributed by atoms with van der Waals surface area (Å²) in [5.41, 5.74) is -0.830. The molecule has 2 N–H and O–H groups in total. The van der Waals surface area contributed by atoms with Gasteiger partial charge in [0.2, 0.25) is 0 Å². The van der Waals surface area contributed by atoms with Gasteiger partial charge in [-0.05, 0) is 48.0 Å². The van der Waals surface area contributed by atoms with Gasteiger partial charge in [0.25, 0.3) is 5.91 Å². The molecule has 0 bridgehead atoms. The van der Waals surface area contributed by atoms with Gasteiger partial charge in [-0.3, -0.25) is 9.59 Å². The highest BCUT2D eigenvalue weighted by molar-refractivity contribution is 9.10. The van der Waals surface area contributed by atoms with Gasteiger partial charge in [0, 0.05) is 10.6 Å². The summed E-state index contributed by atoms with van der Waals surface area (Å²) in [6.07, 6.45) is -0.163. The van der Waals surface area contributed by atoms with E-state index in [9.17, 15) is 9.59 Å². The summed E-state index contributed by atoms with van der Waals surface area (Å²) in [6, 6.07) is 4.94. The SMILES string of the molecule is CC(C)(CC(=O)O)NC(=O)COc1ccc(Cl)cc1Br. The van der Waals surface area contributed by atoms with Crippen LogP contribution in [0.5, 0.6) is 5.75 Å². The molecule has 1 aromatic carbocycles. The van der Waals surface area contributed by atoms with E-state index in [1.54, 1.807) is 32.0 Å². The first-order chi connectivity index (χ1) is 9.19. The molecule has 5 nitrogen and oxygen atoms in total. The predicted molar refractivity (Wildman–Crippen MR) is 79.1 cm³/mol. The molecule has 1 amide bonds. The van der Waals surface area contributed by atoms with Crippen LogP contribution in [0.1, 0.15) is 20.3 Å². The lowest BCUT2D eigenvalue weighted by molar-refractivity contribution is -0.138. The van der Waals surface area contributed by atoms with E-state index >= 15 is 0 Å². The minimum absolute atomic E-state index is 0.163. The van der Waals surface area contributed by atoms with Crippen LogP contribution in [0.2, 0.25) is 5.02 Å². The van der Waals surface area contributed by atoms with Crippen molar-refractivity contribution >= 4 is 39.4 Å². The molecule has 0 saturated carbocycles. The summed E-state index contributed by atoms with van der Waals surface area (Å²) >= 11 is 9.07. The third kappa shape index (κ3) is 5.79. The average molecular weight is 365 g/mol. The fraction of sp³-hybridized carbons (Fsp3) is 0.385. The van der Waals surface area contributed by atoms with E-state index in [0.717, 1.165) is 0 Å². The molecule has 0 heterocycles. The zero-order chi connectivity index (χ0) is 15.3. The molecule has 0 aliphatic carbocycles. The Kier molecular flexibility index (Phi) is 5.83. The lowest BCUT2D eigenvalue weighted by Crippen LogP contribution is -2.46. The number of carbonyl (C=O) groups excluding carboxylic acids is 1. The molecule has 1 rings (SSSR count). The second-order valence-electron chi connectivity index (χ2n) is 4.87. The fourth-order valence-electron chi connectivity index (χ4n) is 1.57. The summed E-state index contributed by atoms with van der Waals surface area (Å²) < 4.78 is 5.98. The van der Waals surface area contributed by atoms with Gasteiger partial charge in [-0.2, -0.15) is 0 Å². The number of halogens is 2. The Morgan fingerprint density at radius 1 is 1.45 bits per heavy atom. The molecular formula is C13H15BrClNO4. The quantitative estimate of drug-likeness (QED) is 0.814. The van der Waals surface area contributed by atoms with Gasteiger partial charge in [-0.25, -0.2) is 0 Å². The van der Waals surface area contributed by atoms with Crippen LogP contribution in [0.4, 0.5) is 0 Å². The number of carboxylic acid groups (broad SMARTS) is 1. The van der Waals surface area contributed by atoms with Gasteiger partial charge >= 0.3 is 5.97 Å². The number of aliphatic carboxylic acids is 1. The Hall–Kier alpha value is -1.27. The van der Waals surface area contributed by atoms with Gasteiger partial charge in [0.15, 0.2) is 6.61 Å². The van der Waals surface area contributed by atoms with E-state index in [2.05, 4.69) is 21.2 Å². The van der Waals surface area contributed by atoms with Crippen LogP contribution in [0.15, 0.2) is 22.7 Å². The summed E-state index contributed by atoms with van der Waals surface area (Å²) in [5, 5.41) is 11.9. The fourth-order valence-corrected chi connectivity index (χ4v) is 2.37. The second kappa shape index (κ2) is 6.95. The molecule has 0 aromatic heterocycles. The largest absolute Gasteiger partial charge is 0.483 e. The minimum Gasteiger partial charge on any atom is -0.483 e. The van der Waals surface area contributed by atoms with Crippen LogP contribution in [0, 0.1) is 0 Å². The maximum absolute atomic E-state index is 11.7. The number of amides is 1. The molecule has 0 radical (unpaired) electrons. The molecule has 0 aliphatic rings. The van der Waals surface area contributed by atoms with Gasteiger partial charge < -0.3 is 15.2 Å². The summed E-state index contributed by atoms with van der Waals surface area (Å²) in [5.74, 6) is -0.879. The number of benzene rings is 1. The summed E-state index contributed by atoms with van der Waals surface area (Å²) in [6.45, 7) is 3.07. The maximum Gasteiger partial charge on any atom is 0.305 e. The van der Waals surface area contributed by atoms with E-state index < -0.39 is 17.4 Å². The smallest absolute Gasteiger partial charge is 0.305 e. The van der Waals surface area contributed by atoms with Crippen molar-refractivity contribution < 1.29 is 19.4 Å². The van der Waals surface area contributed by atoms with E-state index in [1.807, 2.05) is 0 Å². The van der Waals surface area contributed by atoms with Crippen LogP contribution in [0.3, 0.4) is 0 Å². The van der Waals surface area contributed by atoms with Crippen molar-refractivity contribution in [1.29, 1.82) is 0 Å². The van der Waals surface area contributed by atoms with Crippen LogP contribution in [-0.4, -0.2) is 29.1 Å². The number of carboxylic acids is 1. The Labute approximate surface area is 130 Å². The molecule has 20 heavy (non-hydrogen) atoms. The van der Waals surface area contributed by atoms with E-state index in [0.29, 0.717) is 15.2 Å². The Morgan fingerprint density at radius 3 is 2.65 bits per heavy atom. The molecule has 0 unspecified atom stereocenters. The highest BCUT2D eigenvalue weighted by atomic mass is 79.9. The third-order valence-corrected chi connectivity index (χ3v) is 3.18. The highest BCUT2D eigenvalue weighted by Crippen LogP contribution is 2.27. The van der Waals surface area contributed by atoms with Crippen molar-refractivity contribution in [3.8, 4) is 5.75 Å². The first kappa shape index (κ1) is 16.8. The second-order valence-corrected chi connectivity index (χ2v) is 6.16. The number of rotatable bonds is 6. The van der Waals surface area contributed by atoms with Crippen molar-refractivity contribution in [3.05, 3.63) is 27.7 Å². The molecule has 0 spiro atoms. The standard InChI is InChI=1S/C13H15BrClNO4/c1-13(2,6-12(18)19)16-11(17)7-20-10-4-3-8(15)5-9(10)14/h3-5H,6-7H2,1-2H3,(H,16,17)(H,18,19). The van der Waals surface area contributed by atoms with E-state index in [4.69, 9.17) is 21.4 Å². The normalized spacial score (nSPS) is 11.0. The van der Waals surface area contributed by atoms with Gasteiger partial charge in [-0.1, -0.05) is 11.6 Å².